The molecule has 5 N–H and O–H groups in total. The molecular weight excluding hydrogens is 566 g/mol. The van der Waals surface area contributed by atoms with Crippen LogP contribution in [-0.2, 0) is 24.0 Å². The Labute approximate surface area is 245 Å². The number of pyridine rings is 1. The number of amides is 2. The van der Waals surface area contributed by atoms with Gasteiger partial charge < -0.3 is 45.1 Å². The quantitative estimate of drug-likeness (QED) is 0.176. The Morgan fingerprint density at radius 2 is 1.35 bits per heavy atom. The van der Waals surface area contributed by atoms with Crippen molar-refractivity contribution in [2.24, 2.45) is 0 Å². The number of piperazine rings is 1. The standard InChI is InChI=1S/C24H27N5O2.2C2H2O4/c1-27(2)22-16-21(19-10-6-7-11-20(19)25-22)26-23(30)17-28-12-14-29(15-13-28)24(31)18-8-4-3-5-9-18;2*3-1(4)2(5)6/h3-11,16H,12-15,17H2,1-2H3,(H,25,26,30);2*(H,3,4)(H,5,6). The van der Waals surface area contributed by atoms with E-state index < -0.39 is 23.9 Å². The molecule has 3 aromatic rings. The SMILES string of the molecule is CN(C)c1cc(NC(=O)C[NH+]2CC[NH+](C(=O)c3ccccc3)CC2)c2ccccc2n1.O=C([O-])C(=O)O.O=C([O-])C(=O)O. The molecule has 0 aliphatic carbocycles. The molecule has 15 nitrogen and oxygen atoms in total. The van der Waals surface area contributed by atoms with Gasteiger partial charge in [0.25, 0.3) is 5.91 Å². The van der Waals surface area contributed by atoms with E-state index in [-0.39, 0.29) is 11.8 Å². The second-order valence-corrected chi connectivity index (χ2v) is 9.40. The number of quaternary nitrogens is 2. The van der Waals surface area contributed by atoms with Crippen LogP contribution in [0.5, 0.6) is 0 Å². The molecule has 0 unspecified atom stereocenters. The first-order chi connectivity index (χ1) is 20.3. The Morgan fingerprint density at radius 1 is 0.837 bits per heavy atom. The molecule has 0 bridgehead atoms. The average Bonchev–Trinajstić information content (AvgIpc) is 2.98. The third kappa shape index (κ3) is 10.8. The van der Waals surface area contributed by atoms with Crippen molar-refractivity contribution in [2.75, 3.05) is 57.0 Å². The molecule has 228 valence electrons. The smallest absolute Gasteiger partial charge is 0.351 e. The van der Waals surface area contributed by atoms with Crippen LogP contribution >= 0.6 is 0 Å². The lowest BCUT2D eigenvalue weighted by Crippen LogP contribution is -3.29. The maximum Gasteiger partial charge on any atom is 0.351 e. The van der Waals surface area contributed by atoms with E-state index in [0.717, 1.165) is 59.1 Å². The molecule has 43 heavy (non-hydrogen) atoms. The summed E-state index contributed by atoms with van der Waals surface area (Å²) in [5, 5.41) is 36.7. The number of nitrogens with zero attached hydrogens (tertiary/aromatic N) is 2. The van der Waals surface area contributed by atoms with Gasteiger partial charge >= 0.3 is 17.8 Å². The van der Waals surface area contributed by atoms with Crippen LogP contribution in [0, 0.1) is 0 Å². The lowest BCUT2D eigenvalue weighted by Gasteiger charge is -2.28. The Hall–Kier alpha value is -5.41. The van der Waals surface area contributed by atoms with Gasteiger partial charge in [-0.3, -0.25) is 9.69 Å². The Balaban J connectivity index is 0.000000455. The van der Waals surface area contributed by atoms with Crippen LogP contribution in [0.3, 0.4) is 0 Å². The van der Waals surface area contributed by atoms with E-state index in [4.69, 9.17) is 39.6 Å². The Kier molecular flexibility index (Phi) is 12.7. The zero-order valence-corrected chi connectivity index (χ0v) is 23.4. The predicted octanol–water partition coefficient (Wildman–Crippen LogP) is -4.50. The topological polar surface area (TPSA) is 226 Å². The van der Waals surface area contributed by atoms with Crippen LogP contribution in [0.2, 0.25) is 0 Å². The van der Waals surface area contributed by atoms with E-state index in [0.29, 0.717) is 6.54 Å². The summed E-state index contributed by atoms with van der Waals surface area (Å²) in [6.45, 7) is 3.45. The highest BCUT2D eigenvalue weighted by Gasteiger charge is 2.30. The predicted molar refractivity (Wildman–Crippen MR) is 147 cm³/mol. The minimum absolute atomic E-state index is 0.0195. The number of rotatable bonds is 5. The first-order valence-corrected chi connectivity index (χ1v) is 12.8. The van der Waals surface area contributed by atoms with Crippen molar-refractivity contribution in [1.82, 2.24) is 4.98 Å². The zero-order valence-electron chi connectivity index (χ0n) is 23.4. The number of aliphatic carboxylic acids is 4. The normalized spacial score (nSPS) is 15.4. The van der Waals surface area contributed by atoms with Gasteiger partial charge in [0.2, 0.25) is 0 Å². The lowest BCUT2D eigenvalue weighted by molar-refractivity contribution is -0.975. The molecule has 0 saturated carbocycles. The first kappa shape index (κ1) is 33.8. The molecule has 0 spiro atoms. The van der Waals surface area contributed by atoms with Crippen molar-refractivity contribution >= 4 is 58.1 Å². The highest BCUT2D eigenvalue weighted by Crippen LogP contribution is 2.26. The summed E-state index contributed by atoms with van der Waals surface area (Å²) < 4.78 is 0. The van der Waals surface area contributed by atoms with Crippen molar-refractivity contribution in [1.29, 1.82) is 0 Å². The number of benzene rings is 2. The summed E-state index contributed by atoms with van der Waals surface area (Å²) >= 11 is 0. The van der Waals surface area contributed by atoms with Crippen LogP contribution in [0.25, 0.3) is 10.9 Å². The number of carbonyl (C=O) groups is 6. The van der Waals surface area contributed by atoms with Gasteiger partial charge in [0.05, 0.1) is 16.8 Å². The summed E-state index contributed by atoms with van der Waals surface area (Å²) in [6.07, 6.45) is 0. The molecule has 0 atom stereocenters. The lowest BCUT2D eigenvalue weighted by atomic mass is 10.1. The monoisotopic (exact) mass is 597 g/mol. The molecule has 2 amide bonds. The number of carboxylic acids is 4. The van der Waals surface area contributed by atoms with Gasteiger partial charge in [0.1, 0.15) is 32.0 Å². The third-order valence-electron chi connectivity index (χ3n) is 6.11. The van der Waals surface area contributed by atoms with Crippen molar-refractivity contribution in [3.63, 3.8) is 0 Å². The minimum Gasteiger partial charge on any atom is -0.539 e. The summed E-state index contributed by atoms with van der Waals surface area (Å²) in [6, 6.07) is 19.2. The number of carbonyl (C=O) groups excluding carboxylic acids is 4. The van der Waals surface area contributed by atoms with Gasteiger partial charge in [-0.05, 0) is 18.2 Å². The average molecular weight is 598 g/mol. The Bertz CT molecular complexity index is 1420. The fraction of sp³-hybridized carbons (Fsp3) is 0.250. The number of para-hydroxylation sites is 1. The molecule has 15 heteroatoms. The second-order valence-electron chi connectivity index (χ2n) is 9.40. The largest absolute Gasteiger partial charge is 0.539 e. The fourth-order valence-electron chi connectivity index (χ4n) is 4.02. The van der Waals surface area contributed by atoms with Gasteiger partial charge in [-0.25, -0.2) is 19.4 Å². The van der Waals surface area contributed by atoms with Gasteiger partial charge in [-0.15, -0.1) is 0 Å². The molecule has 2 heterocycles. The fourth-order valence-corrected chi connectivity index (χ4v) is 4.02. The van der Waals surface area contributed by atoms with Gasteiger partial charge in [-0.1, -0.05) is 36.4 Å². The molecule has 1 aliphatic rings. The molecule has 1 fully saturated rings. The number of aromatic nitrogens is 1. The van der Waals surface area contributed by atoms with E-state index in [1.54, 1.807) is 0 Å². The van der Waals surface area contributed by atoms with E-state index in [2.05, 4.69) is 10.3 Å². The van der Waals surface area contributed by atoms with Crippen LogP contribution < -0.4 is 30.2 Å². The molecule has 4 rings (SSSR count). The molecule has 1 aliphatic heterocycles. The summed E-state index contributed by atoms with van der Waals surface area (Å²) in [5.41, 5.74) is 2.38. The Morgan fingerprint density at radius 3 is 1.86 bits per heavy atom. The zero-order chi connectivity index (χ0) is 32.1. The summed E-state index contributed by atoms with van der Waals surface area (Å²) in [5.74, 6) is -7.09. The molecule has 1 aromatic heterocycles. The van der Waals surface area contributed by atoms with E-state index >= 15 is 0 Å². The van der Waals surface area contributed by atoms with Crippen LogP contribution in [-0.4, -0.2) is 97.7 Å². The summed E-state index contributed by atoms with van der Waals surface area (Å²) in [4.78, 5) is 70.2. The number of hydrogen-bond acceptors (Lipinski definition) is 10. The maximum atomic E-state index is 12.8. The minimum atomic E-state index is -2.07. The van der Waals surface area contributed by atoms with Crippen molar-refractivity contribution < 1.29 is 59.0 Å². The number of hydrogen-bond donors (Lipinski definition) is 5. The van der Waals surface area contributed by atoms with E-state index in [1.165, 1.54) is 4.90 Å². The summed E-state index contributed by atoms with van der Waals surface area (Å²) in [7, 11) is 3.87. The second kappa shape index (κ2) is 16.1. The molecule has 0 radical (unpaired) electrons. The van der Waals surface area contributed by atoms with Crippen molar-refractivity contribution in [3.8, 4) is 0 Å². The third-order valence-corrected chi connectivity index (χ3v) is 6.11. The van der Waals surface area contributed by atoms with E-state index in [1.807, 2.05) is 79.7 Å². The maximum absolute atomic E-state index is 12.8. The number of nitrogens with one attached hydrogen (secondary N) is 3. The molecule has 2 aromatic carbocycles. The van der Waals surface area contributed by atoms with Crippen LogP contribution in [0.4, 0.5) is 11.5 Å². The number of anilines is 2. The van der Waals surface area contributed by atoms with Crippen LogP contribution in [0.15, 0.2) is 60.7 Å². The van der Waals surface area contributed by atoms with Gasteiger partial charge in [0, 0.05) is 25.5 Å². The molecular formula is C28H31N5O10. The van der Waals surface area contributed by atoms with E-state index in [9.17, 15) is 9.59 Å². The highest BCUT2D eigenvalue weighted by atomic mass is 16.4. The van der Waals surface area contributed by atoms with Crippen molar-refractivity contribution in [3.05, 3.63) is 66.2 Å². The van der Waals surface area contributed by atoms with Gasteiger partial charge in [0.15, 0.2) is 18.5 Å². The first-order valence-electron chi connectivity index (χ1n) is 12.8. The number of fused-ring (bicyclic) bond motifs is 1. The van der Waals surface area contributed by atoms with Crippen molar-refractivity contribution in [2.45, 2.75) is 0 Å². The number of carboxylic acid groups (broad SMARTS) is 4. The highest BCUT2D eigenvalue weighted by molar-refractivity contribution is 6.26. The van der Waals surface area contributed by atoms with Gasteiger partial charge in [-0.2, -0.15) is 0 Å². The molecule has 1 saturated heterocycles. The van der Waals surface area contributed by atoms with Crippen LogP contribution in [0.1, 0.15) is 10.4 Å².